The van der Waals surface area contributed by atoms with Crippen molar-refractivity contribution in [3.63, 3.8) is 0 Å². The summed E-state index contributed by atoms with van der Waals surface area (Å²) in [4.78, 5) is 62.6. The number of hydrogen-bond donors (Lipinski definition) is 3. The van der Waals surface area contributed by atoms with Crippen molar-refractivity contribution in [2.75, 3.05) is 19.8 Å². The van der Waals surface area contributed by atoms with Gasteiger partial charge >= 0.3 is 17.8 Å². The van der Waals surface area contributed by atoms with Gasteiger partial charge in [-0.3, -0.25) is 19.1 Å². The minimum Gasteiger partial charge on any atom is -0.459 e. The molecule has 3 N–H and O–H groups in total. The van der Waals surface area contributed by atoms with Crippen LogP contribution >= 0.6 is 0 Å². The highest BCUT2D eigenvalue weighted by Crippen LogP contribution is 2.53. The molecule has 0 bridgehead atoms. The number of carbonyl (C=O) groups is 3. The molecule has 3 aliphatic rings. The van der Waals surface area contributed by atoms with Crippen molar-refractivity contribution in [2.45, 2.75) is 90.5 Å². The summed E-state index contributed by atoms with van der Waals surface area (Å²) in [6, 6.07) is 0. The van der Waals surface area contributed by atoms with E-state index in [-0.39, 0.29) is 43.8 Å². The number of fused-ring (bicyclic) bond motifs is 1. The van der Waals surface area contributed by atoms with Gasteiger partial charge in [-0.25, -0.2) is 9.59 Å². The molecule has 0 radical (unpaired) electrons. The number of aromatic nitrogens is 2. The van der Waals surface area contributed by atoms with Crippen LogP contribution in [0, 0.1) is 17.8 Å². The number of carbonyl (C=O) groups excluding carboxylic acids is 3. The zero-order valence-corrected chi connectivity index (χ0v) is 23.8. The molecule has 1 aromatic rings. The van der Waals surface area contributed by atoms with Crippen molar-refractivity contribution < 1.29 is 35.1 Å². The molecule has 1 saturated heterocycles. The molecular weight excluding hydrogens is 534 g/mol. The highest BCUT2D eigenvalue weighted by Gasteiger charge is 2.49. The molecule has 228 valence electrons. The fourth-order valence-corrected chi connectivity index (χ4v) is 5.78. The second-order valence-corrected chi connectivity index (χ2v) is 10.9. The van der Waals surface area contributed by atoms with Gasteiger partial charge in [0.1, 0.15) is 24.2 Å². The lowest BCUT2D eigenvalue weighted by atomic mass is 10.0. The molecule has 1 amide bonds. The average molecular weight is 581 g/mol. The van der Waals surface area contributed by atoms with Crippen molar-refractivity contribution in [3.05, 3.63) is 38.7 Å². The van der Waals surface area contributed by atoms with Gasteiger partial charge in [0, 0.05) is 27.0 Å². The smallest absolute Gasteiger partial charge is 0.407 e. The zero-order valence-electron chi connectivity index (χ0n) is 25.8. The number of ketones is 1. The second-order valence-electron chi connectivity index (χ2n) is 10.9. The largest absolute Gasteiger partial charge is 0.459 e. The molecule has 1 aliphatic heterocycles. The standard InChI is InChI=1S/C28H39N3O9.CH4/c1-17(33)10-11-25(34)40-22-13-24(39-23(22)15-32)31-14-18(26(35)30-27(31)36)7-6-12-29-28(37)38-16-21-19-8-4-2-3-5-9-20(19)21;/h6-7,14,19-24,32H,2-5,8-13,15-16H2,1H3,(H,29,37)(H,30,35,36);1H4/b7-6+;/t19-,20+,21?,22?,23-,24-;/m1./s1/i32D;1T. The number of rotatable bonds is 12. The Hall–Kier alpha value is -3.25. The molecule has 0 aromatic carbocycles. The Balaban J connectivity index is 0.00000248. The Morgan fingerprint density at radius 1 is 1.24 bits per heavy atom. The molecule has 2 heterocycles. The van der Waals surface area contributed by atoms with E-state index < -0.39 is 41.7 Å². The number of alkyl carbamates (subject to hydrolysis) is 1. The van der Waals surface area contributed by atoms with E-state index in [2.05, 4.69) is 15.4 Å². The zero-order chi connectivity index (χ0) is 31.4. The van der Waals surface area contributed by atoms with E-state index in [9.17, 15) is 24.0 Å². The maximum absolute atomic E-state index is 12.5. The first-order chi connectivity index (χ1) is 20.8. The van der Waals surface area contributed by atoms with Gasteiger partial charge in [0.2, 0.25) is 1.43 Å². The van der Waals surface area contributed by atoms with E-state index >= 15 is 0 Å². The number of ether oxygens (including phenoxy) is 3. The van der Waals surface area contributed by atoms with Gasteiger partial charge in [-0.15, -0.1) is 0 Å². The van der Waals surface area contributed by atoms with Crippen molar-refractivity contribution in [3.8, 4) is 0 Å². The SMILES string of the molecule is [2H]OC[C@H]1O[C@@H](n2cc(/C=C/CNC(=O)OCC3[C@H]4CCCCCC[C@@H]34)c(=O)[nH]c2=O)CC1OC(=O)CCC(C)=O.[3H]C. The molecule has 2 saturated carbocycles. The van der Waals surface area contributed by atoms with E-state index in [0.29, 0.717) is 24.4 Å². The number of Topliss-reactive ketones (excluding diaryl/α,β-unsaturated/α-hetero) is 1. The van der Waals surface area contributed by atoms with Crippen molar-refractivity contribution >= 4 is 23.9 Å². The molecule has 2 aliphatic carbocycles. The molecule has 12 heteroatoms. The van der Waals surface area contributed by atoms with Crippen molar-refractivity contribution in [1.29, 1.82) is 1.43 Å². The highest BCUT2D eigenvalue weighted by molar-refractivity contribution is 5.81. The minimum absolute atomic E-state index is 0.0402. The minimum atomic E-state index is -0.898. The number of hydrogen-bond acceptors (Lipinski definition) is 9. The normalized spacial score (nSPS) is 27.7. The lowest BCUT2D eigenvalue weighted by Gasteiger charge is -2.16. The van der Waals surface area contributed by atoms with Crippen LogP contribution < -0.4 is 16.6 Å². The van der Waals surface area contributed by atoms with Crippen LogP contribution in [0.15, 0.2) is 21.9 Å². The Morgan fingerprint density at radius 2 is 1.98 bits per heavy atom. The number of amides is 1. The van der Waals surface area contributed by atoms with Gasteiger partial charge in [-0.05, 0) is 37.5 Å². The molecule has 12 nitrogen and oxygen atoms in total. The van der Waals surface area contributed by atoms with Gasteiger partial charge in [-0.2, -0.15) is 0 Å². The fourth-order valence-electron chi connectivity index (χ4n) is 5.78. The molecule has 1 aromatic heterocycles. The summed E-state index contributed by atoms with van der Waals surface area (Å²) in [6.07, 6.45) is 8.86. The maximum atomic E-state index is 12.5. The number of esters is 1. The number of H-pyrrole nitrogens is 1. The van der Waals surface area contributed by atoms with Gasteiger partial charge in [0.15, 0.2) is 0 Å². The van der Waals surface area contributed by atoms with Crippen LogP contribution in [0.4, 0.5) is 4.79 Å². The summed E-state index contributed by atoms with van der Waals surface area (Å²) in [5.41, 5.74) is -1.20. The number of nitrogens with one attached hydrogen (secondary N) is 2. The van der Waals surface area contributed by atoms with Gasteiger partial charge in [0.05, 0.1) is 25.2 Å². The fraction of sp³-hybridized carbons (Fsp3) is 0.690. The van der Waals surface area contributed by atoms with Crippen LogP contribution in [0.2, 0.25) is 0 Å². The Kier molecular flexibility index (Phi) is 10.8. The Bertz CT molecular complexity index is 1220. The summed E-state index contributed by atoms with van der Waals surface area (Å²) in [5, 5.41) is 7.07. The van der Waals surface area contributed by atoms with Crippen LogP contribution in [-0.4, -0.2) is 65.9 Å². The molecule has 3 fully saturated rings. The third-order valence-corrected chi connectivity index (χ3v) is 8.02. The average Bonchev–Trinajstić information content (AvgIpc) is 3.45. The Labute approximate surface area is 242 Å². The molecule has 4 rings (SSSR count). The third-order valence-electron chi connectivity index (χ3n) is 8.02. The van der Waals surface area contributed by atoms with Crippen LogP contribution in [0.3, 0.4) is 0 Å². The summed E-state index contributed by atoms with van der Waals surface area (Å²) in [6.45, 7) is 1.71. The lowest BCUT2D eigenvalue weighted by molar-refractivity contribution is -0.153. The summed E-state index contributed by atoms with van der Waals surface area (Å²) >= 11 is 0. The first-order valence-electron chi connectivity index (χ1n) is 15.5. The van der Waals surface area contributed by atoms with Crippen molar-refractivity contribution in [1.82, 2.24) is 14.9 Å². The molecule has 2 unspecified atom stereocenters. The molecule has 0 spiro atoms. The van der Waals surface area contributed by atoms with E-state index in [1.807, 2.05) is 0 Å². The van der Waals surface area contributed by atoms with Crippen LogP contribution in [0.25, 0.3) is 6.08 Å². The second kappa shape index (κ2) is 15.1. The lowest BCUT2D eigenvalue weighted by Crippen LogP contribution is -2.33. The predicted molar refractivity (Wildman–Crippen MR) is 150 cm³/mol. The van der Waals surface area contributed by atoms with Gasteiger partial charge < -0.3 is 29.4 Å². The van der Waals surface area contributed by atoms with E-state index in [4.69, 9.17) is 17.0 Å². The number of aliphatic hydroxyl groups excluding tert-OH is 1. The third kappa shape index (κ3) is 8.87. The molecule has 41 heavy (non-hydrogen) atoms. The maximum Gasteiger partial charge on any atom is 0.407 e. The van der Waals surface area contributed by atoms with E-state index in [1.165, 1.54) is 69.7 Å². The highest BCUT2D eigenvalue weighted by atomic mass is 16.6. The van der Waals surface area contributed by atoms with E-state index in [1.54, 1.807) is 6.08 Å². The summed E-state index contributed by atoms with van der Waals surface area (Å²) in [5.74, 6) is 1.07. The summed E-state index contributed by atoms with van der Waals surface area (Å²) in [7, 11) is 1.25. The van der Waals surface area contributed by atoms with Crippen LogP contribution in [0.1, 0.15) is 85.3 Å². The quantitative estimate of drug-likeness (QED) is 0.315. The molecule has 6 atom stereocenters. The van der Waals surface area contributed by atoms with Crippen molar-refractivity contribution in [2.24, 2.45) is 17.8 Å². The van der Waals surface area contributed by atoms with Gasteiger partial charge in [-0.1, -0.05) is 45.2 Å². The predicted octanol–water partition coefficient (Wildman–Crippen LogP) is 2.69. The topological polar surface area (TPSA) is 166 Å². The molecular formula is C29H43N3O9. The van der Waals surface area contributed by atoms with E-state index in [0.717, 1.165) is 0 Å². The number of aromatic amines is 1. The number of nitrogens with zero attached hydrogens (tertiary/aromatic N) is 1. The first-order valence-corrected chi connectivity index (χ1v) is 14.1. The van der Waals surface area contributed by atoms with Crippen LogP contribution in [-0.2, 0) is 23.8 Å². The monoisotopic (exact) mass is 580 g/mol. The van der Waals surface area contributed by atoms with Crippen LogP contribution in [0.5, 0.6) is 0 Å². The summed E-state index contributed by atoms with van der Waals surface area (Å²) < 4.78 is 30.6. The first kappa shape index (κ1) is 29.2. The number of aliphatic hydroxyl groups is 1. The Morgan fingerprint density at radius 3 is 2.66 bits per heavy atom. The van der Waals surface area contributed by atoms with Gasteiger partial charge in [0.25, 0.3) is 5.56 Å².